The normalized spacial score (nSPS) is 11.2. The van der Waals surface area contributed by atoms with Gasteiger partial charge in [0.1, 0.15) is 11.3 Å². The third kappa shape index (κ3) is 4.65. The second kappa shape index (κ2) is 8.91. The number of oxazole rings is 1. The molecule has 0 aliphatic heterocycles. The van der Waals surface area contributed by atoms with Gasteiger partial charge in [0, 0.05) is 17.2 Å². The van der Waals surface area contributed by atoms with Crippen LogP contribution in [0.15, 0.2) is 63.0 Å². The zero-order chi connectivity index (χ0) is 22.8. The summed E-state index contributed by atoms with van der Waals surface area (Å²) in [5.74, 6) is 1.80. The van der Waals surface area contributed by atoms with Gasteiger partial charge in [-0.15, -0.1) is 0 Å². The summed E-state index contributed by atoms with van der Waals surface area (Å²) in [7, 11) is 0. The molecule has 5 rings (SSSR count). The molecule has 5 aromatic rings. The molecule has 3 aromatic heterocycles. The van der Waals surface area contributed by atoms with E-state index in [4.69, 9.17) is 9.15 Å². The topological polar surface area (TPSA) is 119 Å². The van der Waals surface area contributed by atoms with Gasteiger partial charge in [0.05, 0.1) is 23.5 Å². The zero-order valence-corrected chi connectivity index (χ0v) is 18.8. The molecule has 0 atom stereocenters. The molecule has 0 spiro atoms. The molecular weight excluding hydrogens is 440 g/mol. The number of aryl methyl sites for hydroxylation is 1. The number of anilines is 2. The van der Waals surface area contributed by atoms with Gasteiger partial charge in [-0.05, 0) is 44.2 Å². The fraction of sp³-hybridized carbons (Fsp3) is 0.174. The first-order valence-corrected chi connectivity index (χ1v) is 11.3. The molecular formula is C23H20N6O3S. The van der Waals surface area contributed by atoms with Gasteiger partial charge < -0.3 is 9.15 Å². The molecule has 0 amide bonds. The fourth-order valence-electron chi connectivity index (χ4n) is 3.37. The van der Waals surface area contributed by atoms with Gasteiger partial charge in [-0.3, -0.25) is 15.1 Å². The molecule has 0 aliphatic rings. The second-order valence-corrected chi connectivity index (χ2v) is 8.12. The third-order valence-electron chi connectivity index (χ3n) is 4.81. The number of benzene rings is 2. The van der Waals surface area contributed by atoms with E-state index < -0.39 is 0 Å². The first-order valence-electron chi connectivity index (χ1n) is 10.3. The maximum Gasteiger partial charge on any atom is 0.257 e. The van der Waals surface area contributed by atoms with Crippen molar-refractivity contribution in [2.24, 2.45) is 0 Å². The van der Waals surface area contributed by atoms with Crippen molar-refractivity contribution in [3.05, 3.63) is 70.3 Å². The molecule has 0 radical (unpaired) electrons. The highest BCUT2D eigenvalue weighted by atomic mass is 32.2. The summed E-state index contributed by atoms with van der Waals surface area (Å²) in [5, 5.41) is 4.43. The van der Waals surface area contributed by atoms with Crippen LogP contribution in [-0.2, 0) is 5.75 Å². The quantitative estimate of drug-likeness (QED) is 0.336. The molecule has 0 aliphatic carbocycles. The largest absolute Gasteiger partial charge is 0.494 e. The molecule has 0 saturated heterocycles. The number of hydrogen-bond acceptors (Lipinski definition) is 9. The monoisotopic (exact) mass is 460 g/mol. The number of ether oxygens (including phenoxy) is 1. The predicted molar refractivity (Wildman–Crippen MR) is 127 cm³/mol. The molecule has 10 heteroatoms. The molecule has 33 heavy (non-hydrogen) atoms. The van der Waals surface area contributed by atoms with Gasteiger partial charge in [-0.25, -0.2) is 19.9 Å². The van der Waals surface area contributed by atoms with Crippen molar-refractivity contribution in [3.63, 3.8) is 0 Å². The molecule has 2 N–H and O–H groups in total. The van der Waals surface area contributed by atoms with Crippen molar-refractivity contribution in [1.29, 1.82) is 0 Å². The molecule has 0 bridgehead atoms. The minimum absolute atomic E-state index is 0.264. The van der Waals surface area contributed by atoms with Crippen LogP contribution in [0.5, 0.6) is 5.75 Å². The van der Waals surface area contributed by atoms with E-state index in [1.807, 2.05) is 56.3 Å². The summed E-state index contributed by atoms with van der Waals surface area (Å²) < 4.78 is 11.3. The maximum atomic E-state index is 12.2. The minimum atomic E-state index is -0.278. The Morgan fingerprint density at radius 3 is 2.79 bits per heavy atom. The first-order chi connectivity index (χ1) is 16.1. The average Bonchev–Trinajstić information content (AvgIpc) is 3.21. The van der Waals surface area contributed by atoms with E-state index >= 15 is 0 Å². The van der Waals surface area contributed by atoms with Crippen LogP contribution >= 0.6 is 11.8 Å². The van der Waals surface area contributed by atoms with E-state index in [0.717, 1.165) is 33.4 Å². The summed E-state index contributed by atoms with van der Waals surface area (Å²) in [4.78, 5) is 32.8. The lowest BCUT2D eigenvalue weighted by Crippen LogP contribution is -2.13. The minimum Gasteiger partial charge on any atom is -0.494 e. The summed E-state index contributed by atoms with van der Waals surface area (Å²) >= 11 is 1.37. The molecule has 3 heterocycles. The maximum absolute atomic E-state index is 12.2. The lowest BCUT2D eigenvalue weighted by molar-refractivity contribution is 0.340. The van der Waals surface area contributed by atoms with Crippen molar-refractivity contribution in [2.75, 3.05) is 11.9 Å². The highest BCUT2D eigenvalue weighted by Gasteiger charge is 2.11. The van der Waals surface area contributed by atoms with E-state index in [9.17, 15) is 4.79 Å². The molecule has 0 unspecified atom stereocenters. The number of H-pyrrole nitrogens is 1. The standard InChI is InChI=1S/C23H20N6O3S/c1-3-31-15-8-9-17-16(11-15)13(2)24-21(26-17)29-22-25-14(10-20(30)28-22)12-33-23-27-18-6-4-5-7-19(18)32-23/h4-11H,3,12H2,1-2H3,(H2,24,25,26,28,29,30). The lowest BCUT2D eigenvalue weighted by Gasteiger charge is -2.09. The molecule has 9 nitrogen and oxygen atoms in total. The van der Waals surface area contributed by atoms with Crippen molar-refractivity contribution >= 4 is 45.7 Å². The van der Waals surface area contributed by atoms with E-state index in [2.05, 4.69) is 30.2 Å². The van der Waals surface area contributed by atoms with Crippen LogP contribution in [0.3, 0.4) is 0 Å². The second-order valence-electron chi connectivity index (χ2n) is 7.19. The van der Waals surface area contributed by atoms with Crippen LogP contribution in [0.1, 0.15) is 18.3 Å². The summed E-state index contributed by atoms with van der Waals surface area (Å²) in [6.07, 6.45) is 0. The van der Waals surface area contributed by atoms with E-state index in [1.165, 1.54) is 17.8 Å². The Kier molecular flexibility index (Phi) is 5.66. The third-order valence-corrected chi connectivity index (χ3v) is 5.67. The Bertz CT molecular complexity index is 1480. The summed E-state index contributed by atoms with van der Waals surface area (Å²) in [5.41, 5.74) is 3.36. The first kappa shape index (κ1) is 21.0. The highest BCUT2D eigenvalue weighted by molar-refractivity contribution is 7.98. The van der Waals surface area contributed by atoms with Crippen molar-refractivity contribution < 1.29 is 9.15 Å². The van der Waals surface area contributed by atoms with Gasteiger partial charge in [0.2, 0.25) is 11.9 Å². The number of aromatic amines is 1. The van der Waals surface area contributed by atoms with Crippen LogP contribution < -0.4 is 15.6 Å². The number of nitrogens with zero attached hydrogens (tertiary/aromatic N) is 4. The van der Waals surface area contributed by atoms with Crippen molar-refractivity contribution in [3.8, 4) is 5.75 Å². The summed E-state index contributed by atoms with van der Waals surface area (Å²) in [6, 6.07) is 14.7. The Labute approximate surface area is 192 Å². The average molecular weight is 461 g/mol. The number of para-hydroxylation sites is 2. The number of fused-ring (bicyclic) bond motifs is 2. The number of thioether (sulfide) groups is 1. The van der Waals surface area contributed by atoms with Crippen molar-refractivity contribution in [1.82, 2.24) is 24.9 Å². The van der Waals surface area contributed by atoms with Gasteiger partial charge in [-0.1, -0.05) is 23.9 Å². The van der Waals surface area contributed by atoms with Gasteiger partial charge in [-0.2, -0.15) is 0 Å². The SMILES string of the molecule is CCOc1ccc2nc(Nc3nc(CSc4nc5ccccc5o4)cc(=O)[nH]3)nc(C)c2c1. The Balaban J connectivity index is 1.36. The lowest BCUT2D eigenvalue weighted by atomic mass is 10.2. The van der Waals surface area contributed by atoms with Crippen LogP contribution in [-0.4, -0.2) is 31.5 Å². The van der Waals surface area contributed by atoms with Gasteiger partial charge in [0.15, 0.2) is 5.58 Å². The molecule has 2 aromatic carbocycles. The van der Waals surface area contributed by atoms with Crippen LogP contribution in [0.2, 0.25) is 0 Å². The molecule has 0 fully saturated rings. The molecule has 166 valence electrons. The smallest absolute Gasteiger partial charge is 0.257 e. The number of nitrogens with one attached hydrogen (secondary N) is 2. The van der Waals surface area contributed by atoms with E-state index in [0.29, 0.717) is 29.2 Å². The Hall–Kier alpha value is -3.92. The Morgan fingerprint density at radius 2 is 1.94 bits per heavy atom. The number of rotatable bonds is 7. The van der Waals surface area contributed by atoms with Crippen molar-refractivity contribution in [2.45, 2.75) is 24.8 Å². The van der Waals surface area contributed by atoms with Gasteiger partial charge in [0.25, 0.3) is 10.8 Å². The van der Waals surface area contributed by atoms with E-state index in [1.54, 1.807) is 0 Å². The van der Waals surface area contributed by atoms with Crippen LogP contribution in [0.25, 0.3) is 22.0 Å². The highest BCUT2D eigenvalue weighted by Crippen LogP contribution is 2.26. The number of aromatic nitrogens is 5. The summed E-state index contributed by atoms with van der Waals surface area (Å²) in [6.45, 7) is 4.42. The molecule has 0 saturated carbocycles. The number of hydrogen-bond donors (Lipinski definition) is 2. The zero-order valence-electron chi connectivity index (χ0n) is 18.0. The van der Waals surface area contributed by atoms with Gasteiger partial charge >= 0.3 is 0 Å². The van der Waals surface area contributed by atoms with Crippen LogP contribution in [0, 0.1) is 6.92 Å². The fourth-order valence-corrected chi connectivity index (χ4v) is 4.10. The Morgan fingerprint density at radius 1 is 1.06 bits per heavy atom. The van der Waals surface area contributed by atoms with E-state index in [-0.39, 0.29) is 11.5 Å². The van der Waals surface area contributed by atoms with Crippen LogP contribution in [0.4, 0.5) is 11.9 Å². The predicted octanol–water partition coefficient (Wildman–Crippen LogP) is 4.60.